The molecule has 106 valence electrons. The fraction of sp³-hybridized carbons (Fsp3) is 0.600. The number of rotatable bonds is 3. The Labute approximate surface area is 115 Å². The molecule has 0 bridgehead atoms. The number of hydrogen-bond donors (Lipinski definition) is 2. The Hall–Kier alpha value is -1.26. The molecule has 0 radical (unpaired) electrons. The lowest BCUT2D eigenvalue weighted by molar-refractivity contribution is 0.297. The van der Waals surface area contributed by atoms with Crippen molar-refractivity contribution in [2.45, 2.75) is 26.3 Å². The van der Waals surface area contributed by atoms with Crippen molar-refractivity contribution in [3.8, 4) is 11.5 Å². The molecule has 0 spiro atoms. The molecule has 2 atom stereocenters. The van der Waals surface area contributed by atoms with Crippen LogP contribution in [0.1, 0.15) is 29.2 Å². The first-order chi connectivity index (χ1) is 8.99. The van der Waals surface area contributed by atoms with Crippen LogP contribution in [0.15, 0.2) is 6.07 Å². The molecule has 2 unspecified atom stereocenters. The van der Waals surface area contributed by atoms with Gasteiger partial charge in [-0.3, -0.25) is 4.90 Å². The average molecular weight is 264 g/mol. The third-order valence-corrected chi connectivity index (χ3v) is 4.33. The molecular formula is C15H24N2O2. The molecule has 2 rings (SSSR count). The van der Waals surface area contributed by atoms with E-state index in [2.05, 4.69) is 18.0 Å². The zero-order valence-corrected chi connectivity index (χ0v) is 12.2. The van der Waals surface area contributed by atoms with Gasteiger partial charge in [0.05, 0.1) is 7.11 Å². The second-order valence-corrected chi connectivity index (χ2v) is 5.58. The Bertz CT molecular complexity index is 474. The topological polar surface area (TPSA) is 58.7 Å². The van der Waals surface area contributed by atoms with Crippen molar-refractivity contribution < 1.29 is 9.84 Å². The minimum absolute atomic E-state index is 0.266. The summed E-state index contributed by atoms with van der Waals surface area (Å²) in [6, 6.07) is 2.40. The number of likely N-dealkylation sites (tertiary alicyclic amines) is 1. The molecule has 4 heteroatoms. The highest BCUT2D eigenvalue weighted by atomic mass is 16.5. The zero-order valence-electron chi connectivity index (χ0n) is 12.2. The van der Waals surface area contributed by atoms with E-state index in [0.29, 0.717) is 18.2 Å². The van der Waals surface area contributed by atoms with Gasteiger partial charge in [0.25, 0.3) is 0 Å². The van der Waals surface area contributed by atoms with Crippen LogP contribution in [0.5, 0.6) is 11.5 Å². The third-order valence-electron chi connectivity index (χ3n) is 4.33. The van der Waals surface area contributed by atoms with Gasteiger partial charge in [0.1, 0.15) is 0 Å². The normalized spacial score (nSPS) is 23.8. The fourth-order valence-corrected chi connectivity index (χ4v) is 3.00. The number of hydrogen-bond acceptors (Lipinski definition) is 4. The number of benzene rings is 1. The number of nitrogens with zero attached hydrogens (tertiary/aromatic N) is 1. The Morgan fingerprint density at radius 1 is 1.47 bits per heavy atom. The van der Waals surface area contributed by atoms with Crippen molar-refractivity contribution in [2.75, 3.05) is 27.2 Å². The Morgan fingerprint density at radius 3 is 2.68 bits per heavy atom. The smallest absolute Gasteiger partial charge is 0.165 e. The minimum atomic E-state index is 0.266. The Morgan fingerprint density at radius 2 is 2.16 bits per heavy atom. The standard InChI is InChI=1S/C15H24N2O2/c1-9-5-12(15(19-4)14(18)10(9)2)13-6-11(7-16)8-17(13)3/h5,11,13,18H,6-8,16H2,1-4H3. The second-order valence-electron chi connectivity index (χ2n) is 5.58. The molecule has 1 aromatic carbocycles. The minimum Gasteiger partial charge on any atom is -0.504 e. The first-order valence-electron chi connectivity index (χ1n) is 6.76. The highest BCUT2D eigenvalue weighted by Crippen LogP contribution is 2.44. The molecule has 4 nitrogen and oxygen atoms in total. The first kappa shape index (κ1) is 14.2. The van der Waals surface area contributed by atoms with Crippen molar-refractivity contribution in [2.24, 2.45) is 11.7 Å². The van der Waals surface area contributed by atoms with E-state index in [0.717, 1.165) is 29.7 Å². The van der Waals surface area contributed by atoms with Crippen molar-refractivity contribution in [3.05, 3.63) is 22.8 Å². The maximum atomic E-state index is 10.3. The highest BCUT2D eigenvalue weighted by Gasteiger charge is 2.32. The molecule has 0 amide bonds. The summed E-state index contributed by atoms with van der Waals surface area (Å²) in [4.78, 5) is 2.30. The van der Waals surface area contributed by atoms with Crippen molar-refractivity contribution in [1.82, 2.24) is 4.90 Å². The summed E-state index contributed by atoms with van der Waals surface area (Å²) in [5, 5.41) is 10.3. The lowest BCUT2D eigenvalue weighted by Crippen LogP contribution is -2.21. The van der Waals surface area contributed by atoms with Crippen LogP contribution < -0.4 is 10.5 Å². The summed E-state index contributed by atoms with van der Waals surface area (Å²) in [5.41, 5.74) is 8.84. The predicted molar refractivity (Wildman–Crippen MR) is 76.7 cm³/mol. The summed E-state index contributed by atoms with van der Waals surface area (Å²) >= 11 is 0. The maximum absolute atomic E-state index is 10.3. The Kier molecular flexibility index (Phi) is 4.02. The molecule has 1 aliphatic heterocycles. The molecule has 0 aliphatic carbocycles. The number of phenolic OH excluding ortho intramolecular Hbond substituents is 1. The molecule has 1 aliphatic rings. The molecule has 1 heterocycles. The predicted octanol–water partition coefficient (Wildman–Crippen LogP) is 1.97. The lowest BCUT2D eigenvalue weighted by Gasteiger charge is -2.24. The van der Waals surface area contributed by atoms with Crippen LogP contribution in [0, 0.1) is 19.8 Å². The summed E-state index contributed by atoms with van der Waals surface area (Å²) < 4.78 is 5.43. The molecule has 3 N–H and O–H groups in total. The summed E-state index contributed by atoms with van der Waals surface area (Å²) in [6.45, 7) is 5.64. The van der Waals surface area contributed by atoms with Crippen LogP contribution in [0.2, 0.25) is 0 Å². The van der Waals surface area contributed by atoms with Crippen LogP contribution in [0.3, 0.4) is 0 Å². The number of methoxy groups -OCH3 is 1. The Balaban J connectivity index is 2.45. The first-order valence-corrected chi connectivity index (χ1v) is 6.76. The molecule has 1 fully saturated rings. The van der Waals surface area contributed by atoms with Gasteiger partial charge in [0.15, 0.2) is 11.5 Å². The fourth-order valence-electron chi connectivity index (χ4n) is 3.00. The highest BCUT2D eigenvalue weighted by molar-refractivity contribution is 5.55. The van der Waals surface area contributed by atoms with Gasteiger partial charge in [-0.1, -0.05) is 6.07 Å². The van der Waals surface area contributed by atoms with Gasteiger partial charge in [-0.25, -0.2) is 0 Å². The molecule has 0 saturated carbocycles. The maximum Gasteiger partial charge on any atom is 0.165 e. The number of phenols is 1. The van der Waals surface area contributed by atoms with E-state index in [1.165, 1.54) is 0 Å². The largest absolute Gasteiger partial charge is 0.504 e. The van der Waals surface area contributed by atoms with Crippen LogP contribution in [0.25, 0.3) is 0 Å². The third kappa shape index (κ3) is 2.42. The number of ether oxygens (including phenoxy) is 1. The van der Waals surface area contributed by atoms with E-state index in [4.69, 9.17) is 10.5 Å². The molecule has 0 aromatic heterocycles. The van der Waals surface area contributed by atoms with Gasteiger partial charge in [0, 0.05) is 18.2 Å². The molecule has 19 heavy (non-hydrogen) atoms. The van der Waals surface area contributed by atoms with E-state index in [1.807, 2.05) is 13.8 Å². The summed E-state index contributed by atoms with van der Waals surface area (Å²) in [7, 11) is 3.72. The van der Waals surface area contributed by atoms with E-state index < -0.39 is 0 Å². The molecule has 1 saturated heterocycles. The van der Waals surface area contributed by atoms with Crippen molar-refractivity contribution >= 4 is 0 Å². The van der Waals surface area contributed by atoms with Crippen LogP contribution >= 0.6 is 0 Å². The van der Waals surface area contributed by atoms with Gasteiger partial charge >= 0.3 is 0 Å². The van der Waals surface area contributed by atoms with Gasteiger partial charge in [0.2, 0.25) is 0 Å². The van der Waals surface area contributed by atoms with Gasteiger partial charge in [-0.15, -0.1) is 0 Å². The number of nitrogens with two attached hydrogens (primary N) is 1. The number of aromatic hydroxyl groups is 1. The molecular weight excluding hydrogens is 240 g/mol. The van der Waals surface area contributed by atoms with E-state index in [9.17, 15) is 5.11 Å². The van der Waals surface area contributed by atoms with E-state index in [1.54, 1.807) is 7.11 Å². The van der Waals surface area contributed by atoms with Crippen LogP contribution in [0.4, 0.5) is 0 Å². The van der Waals surface area contributed by atoms with Gasteiger partial charge < -0.3 is 15.6 Å². The summed E-state index contributed by atoms with van der Waals surface area (Å²) in [6.07, 6.45) is 1.02. The SMILES string of the molecule is COc1c(C2CC(CN)CN2C)cc(C)c(C)c1O. The van der Waals surface area contributed by atoms with Gasteiger partial charge in [-0.2, -0.15) is 0 Å². The monoisotopic (exact) mass is 264 g/mol. The molecule has 1 aromatic rings. The summed E-state index contributed by atoms with van der Waals surface area (Å²) in [5.74, 6) is 1.39. The van der Waals surface area contributed by atoms with E-state index >= 15 is 0 Å². The lowest BCUT2D eigenvalue weighted by atomic mass is 9.95. The quantitative estimate of drug-likeness (QED) is 0.876. The zero-order chi connectivity index (χ0) is 14.2. The second kappa shape index (κ2) is 5.39. The van der Waals surface area contributed by atoms with Crippen LogP contribution in [-0.4, -0.2) is 37.3 Å². The average Bonchev–Trinajstić information content (AvgIpc) is 2.77. The van der Waals surface area contributed by atoms with E-state index in [-0.39, 0.29) is 11.8 Å². The number of aryl methyl sites for hydroxylation is 1. The van der Waals surface area contributed by atoms with Crippen molar-refractivity contribution in [1.29, 1.82) is 0 Å². The van der Waals surface area contributed by atoms with Crippen molar-refractivity contribution in [3.63, 3.8) is 0 Å². The van der Waals surface area contributed by atoms with Crippen LogP contribution in [-0.2, 0) is 0 Å². The van der Waals surface area contributed by atoms with Gasteiger partial charge in [-0.05, 0) is 50.9 Å².